The molecule has 22 heavy (non-hydrogen) atoms. The lowest BCUT2D eigenvalue weighted by Crippen LogP contribution is -2.19. The van der Waals surface area contributed by atoms with Gasteiger partial charge < -0.3 is 0 Å². The minimum Gasteiger partial charge on any atom is -0.223 e. The van der Waals surface area contributed by atoms with Gasteiger partial charge >= 0.3 is 0 Å². The number of hydrogen-bond donors (Lipinski definition) is 0. The van der Waals surface area contributed by atoms with Crippen molar-refractivity contribution in [1.29, 1.82) is 0 Å². The van der Waals surface area contributed by atoms with Gasteiger partial charge in [0.1, 0.15) is 0 Å². The molecule has 0 aromatic heterocycles. The summed E-state index contributed by atoms with van der Waals surface area (Å²) in [6.07, 6.45) is 7.35. The first-order valence-corrected chi connectivity index (χ1v) is 9.54. The Bertz CT molecular complexity index is 740. The van der Waals surface area contributed by atoms with Gasteiger partial charge in [-0.3, -0.25) is 0 Å². The van der Waals surface area contributed by atoms with Crippen molar-refractivity contribution in [2.75, 3.05) is 0 Å². The van der Waals surface area contributed by atoms with E-state index in [2.05, 4.69) is 6.92 Å². The first kappa shape index (κ1) is 16.8. The average Bonchev–Trinajstić information content (AvgIpc) is 2.53. The molecule has 0 amide bonds. The van der Waals surface area contributed by atoms with Crippen LogP contribution in [-0.2, 0) is 9.84 Å². The quantitative estimate of drug-likeness (QED) is 0.663. The normalized spacial score (nSPS) is 13.7. The second-order valence-electron chi connectivity index (χ2n) is 5.57. The Morgan fingerprint density at radius 1 is 1.00 bits per heavy atom. The lowest BCUT2D eigenvalue weighted by atomic mass is 10.1. The first-order valence-electron chi connectivity index (χ1n) is 7.99. The summed E-state index contributed by atoms with van der Waals surface area (Å²) in [7, 11) is -3.36. The molecule has 0 saturated carbocycles. The maximum absolute atomic E-state index is 13.1. The Morgan fingerprint density at radius 2 is 1.73 bits per heavy atom. The topological polar surface area (TPSA) is 34.1 Å². The van der Waals surface area contributed by atoms with Gasteiger partial charge in [0.15, 0.2) is 9.84 Å². The van der Waals surface area contributed by atoms with Crippen molar-refractivity contribution < 1.29 is 8.42 Å². The van der Waals surface area contributed by atoms with E-state index in [1.165, 1.54) is 0 Å². The van der Waals surface area contributed by atoms with Crippen molar-refractivity contribution in [3.63, 3.8) is 0 Å². The predicted molar refractivity (Wildman–Crippen MR) is 93.9 cm³/mol. The van der Waals surface area contributed by atoms with Crippen LogP contribution in [0.15, 0.2) is 59.5 Å². The van der Waals surface area contributed by atoms with Crippen LogP contribution >= 0.6 is 0 Å². The van der Waals surface area contributed by atoms with Gasteiger partial charge in [0.25, 0.3) is 0 Å². The zero-order valence-corrected chi connectivity index (χ0v) is 14.1. The van der Waals surface area contributed by atoms with Crippen LogP contribution in [0.3, 0.4) is 0 Å². The smallest absolute Gasteiger partial charge is 0.185 e. The molecule has 1 unspecified atom stereocenters. The molecule has 0 aliphatic carbocycles. The van der Waals surface area contributed by atoms with Crippen molar-refractivity contribution in [3.05, 3.63) is 54.6 Å². The fraction of sp³-hybridized carbons (Fsp3) is 0.368. The molecule has 2 aromatic rings. The maximum atomic E-state index is 13.1. The van der Waals surface area contributed by atoms with E-state index in [0.29, 0.717) is 11.3 Å². The molecule has 0 spiro atoms. The Morgan fingerprint density at radius 3 is 2.45 bits per heavy atom. The molecule has 0 saturated heterocycles. The van der Waals surface area contributed by atoms with Crippen LogP contribution in [0.1, 0.15) is 39.5 Å². The Labute approximate surface area is 133 Å². The lowest BCUT2D eigenvalue weighted by Gasteiger charge is -2.15. The maximum Gasteiger partial charge on any atom is 0.185 e. The molecule has 2 aromatic carbocycles. The fourth-order valence-electron chi connectivity index (χ4n) is 2.66. The molecule has 0 aliphatic heterocycles. The van der Waals surface area contributed by atoms with Crippen molar-refractivity contribution in [2.45, 2.75) is 49.7 Å². The molecule has 0 fully saturated rings. The second-order valence-corrected chi connectivity index (χ2v) is 7.70. The van der Waals surface area contributed by atoms with Crippen molar-refractivity contribution in [1.82, 2.24) is 0 Å². The lowest BCUT2D eigenvalue weighted by molar-refractivity contribution is 0.583. The second kappa shape index (κ2) is 7.59. The van der Waals surface area contributed by atoms with Crippen LogP contribution in [-0.4, -0.2) is 13.7 Å². The van der Waals surface area contributed by atoms with Gasteiger partial charge in [0.05, 0.1) is 10.1 Å². The third-order valence-electron chi connectivity index (χ3n) is 3.83. The highest BCUT2D eigenvalue weighted by Crippen LogP contribution is 2.28. The number of fused-ring (bicyclic) bond motifs is 1. The standard InChI is InChI=1S/C19H24O2S/c1-3-5-6-13-17(10-4-2)22(20,21)19-15-9-12-16-11-7-8-14-18(16)19/h6-9,11-15,17H,3-5,10H2,1-2H3/b13-6-. The van der Waals surface area contributed by atoms with E-state index < -0.39 is 15.1 Å². The molecule has 0 radical (unpaired) electrons. The van der Waals surface area contributed by atoms with Gasteiger partial charge in [-0.15, -0.1) is 0 Å². The first-order chi connectivity index (χ1) is 10.6. The largest absolute Gasteiger partial charge is 0.223 e. The summed E-state index contributed by atoms with van der Waals surface area (Å²) in [5.74, 6) is 0. The SMILES string of the molecule is CCC/C=C\C(CCC)S(=O)(=O)c1cccc2ccccc12. The van der Waals surface area contributed by atoms with E-state index in [-0.39, 0.29) is 0 Å². The molecule has 0 heterocycles. The van der Waals surface area contributed by atoms with Crippen molar-refractivity contribution in [3.8, 4) is 0 Å². The van der Waals surface area contributed by atoms with Crippen molar-refractivity contribution in [2.24, 2.45) is 0 Å². The molecular weight excluding hydrogens is 292 g/mol. The minimum atomic E-state index is -3.36. The molecule has 2 nitrogen and oxygen atoms in total. The summed E-state index contributed by atoms with van der Waals surface area (Å²) in [5, 5.41) is 1.35. The summed E-state index contributed by atoms with van der Waals surface area (Å²) < 4.78 is 26.2. The summed E-state index contributed by atoms with van der Waals surface area (Å²) in [4.78, 5) is 0.449. The monoisotopic (exact) mass is 316 g/mol. The highest BCUT2D eigenvalue weighted by atomic mass is 32.2. The Hall–Kier alpha value is -1.61. The van der Waals surface area contributed by atoms with Gasteiger partial charge in [-0.25, -0.2) is 8.42 Å². The summed E-state index contributed by atoms with van der Waals surface area (Å²) in [6.45, 7) is 4.12. The third kappa shape index (κ3) is 3.58. The van der Waals surface area contributed by atoms with E-state index in [0.717, 1.165) is 30.0 Å². The van der Waals surface area contributed by atoms with Crippen LogP contribution < -0.4 is 0 Å². The third-order valence-corrected chi connectivity index (χ3v) is 5.99. The highest BCUT2D eigenvalue weighted by molar-refractivity contribution is 7.92. The molecule has 2 rings (SSSR count). The van der Waals surface area contributed by atoms with E-state index in [9.17, 15) is 8.42 Å². The fourth-order valence-corrected chi connectivity index (χ4v) is 4.61. The average molecular weight is 316 g/mol. The number of unbranched alkanes of at least 4 members (excludes halogenated alkanes) is 1. The number of sulfone groups is 1. The molecular formula is C19H24O2S. The van der Waals surface area contributed by atoms with Gasteiger partial charge in [0, 0.05) is 5.39 Å². The molecule has 0 aliphatic rings. The van der Waals surface area contributed by atoms with Gasteiger partial charge in [-0.1, -0.05) is 75.2 Å². The summed E-state index contributed by atoms with van der Waals surface area (Å²) in [6, 6.07) is 13.2. The van der Waals surface area contributed by atoms with Crippen molar-refractivity contribution >= 4 is 20.6 Å². The number of rotatable bonds is 7. The van der Waals surface area contributed by atoms with E-state index in [4.69, 9.17) is 0 Å². The number of hydrogen-bond acceptors (Lipinski definition) is 2. The summed E-state index contributed by atoms with van der Waals surface area (Å²) in [5.41, 5.74) is 0. The van der Waals surface area contributed by atoms with E-state index >= 15 is 0 Å². The molecule has 0 bridgehead atoms. The Kier molecular flexibility index (Phi) is 5.78. The zero-order chi connectivity index (χ0) is 16.0. The molecule has 3 heteroatoms. The van der Waals surface area contributed by atoms with E-state index in [1.807, 2.05) is 55.5 Å². The van der Waals surface area contributed by atoms with E-state index in [1.54, 1.807) is 6.07 Å². The molecule has 1 atom stereocenters. The Balaban J connectivity index is 2.49. The van der Waals surface area contributed by atoms with Crippen LogP contribution in [0.25, 0.3) is 10.8 Å². The highest BCUT2D eigenvalue weighted by Gasteiger charge is 2.26. The van der Waals surface area contributed by atoms with Crippen LogP contribution in [0.2, 0.25) is 0 Å². The predicted octanol–water partition coefficient (Wildman–Crippen LogP) is 5.14. The molecule has 118 valence electrons. The zero-order valence-electron chi connectivity index (χ0n) is 13.3. The van der Waals surface area contributed by atoms with Crippen LogP contribution in [0.4, 0.5) is 0 Å². The van der Waals surface area contributed by atoms with Gasteiger partial charge in [0.2, 0.25) is 0 Å². The van der Waals surface area contributed by atoms with Gasteiger partial charge in [-0.2, -0.15) is 0 Å². The van der Waals surface area contributed by atoms with Crippen LogP contribution in [0.5, 0.6) is 0 Å². The van der Waals surface area contributed by atoms with Crippen LogP contribution in [0, 0.1) is 0 Å². The number of benzene rings is 2. The minimum absolute atomic E-state index is 0.435. The molecule has 0 N–H and O–H groups in total. The number of allylic oxidation sites excluding steroid dienone is 1. The summed E-state index contributed by atoms with van der Waals surface area (Å²) >= 11 is 0. The van der Waals surface area contributed by atoms with Gasteiger partial charge in [-0.05, 0) is 24.3 Å².